The van der Waals surface area contributed by atoms with Gasteiger partial charge in [-0.3, -0.25) is 0 Å². The Morgan fingerprint density at radius 1 is 1.29 bits per heavy atom. The summed E-state index contributed by atoms with van der Waals surface area (Å²) in [5.41, 5.74) is 9.20. The number of hydrogen-bond acceptors (Lipinski definition) is 6. The van der Waals surface area contributed by atoms with Gasteiger partial charge in [0.25, 0.3) is 0 Å². The molecule has 3 heterocycles. The molecule has 0 radical (unpaired) electrons. The Morgan fingerprint density at radius 2 is 2.03 bits per heavy atom. The zero-order chi connectivity index (χ0) is 22.8. The predicted molar refractivity (Wildman–Crippen MR) is 126 cm³/mol. The number of rotatable bonds is 6. The van der Waals surface area contributed by atoms with Gasteiger partial charge >= 0.3 is 6.09 Å². The molecule has 166 valence electrons. The molecule has 0 aliphatic rings. The number of fused-ring (bicyclic) bond motifs is 1. The van der Waals surface area contributed by atoms with E-state index in [1.807, 2.05) is 33.0 Å². The van der Waals surface area contributed by atoms with Crippen LogP contribution in [0.25, 0.3) is 22.2 Å². The lowest BCUT2D eigenvalue weighted by molar-refractivity contribution is 0.0527. The van der Waals surface area contributed by atoms with E-state index in [-0.39, 0.29) is 12.0 Å². The lowest BCUT2D eigenvalue weighted by Gasteiger charge is -2.19. The molecule has 0 atom stereocenters. The highest BCUT2D eigenvalue weighted by molar-refractivity contribution is 9.10. The molecule has 0 aliphatic carbocycles. The van der Waals surface area contributed by atoms with Crippen LogP contribution in [0, 0.1) is 0 Å². The summed E-state index contributed by atoms with van der Waals surface area (Å²) in [5, 5.41) is 3.83. The minimum atomic E-state index is -0.518. The average Bonchev–Trinajstić information content (AvgIpc) is 3.03. The van der Waals surface area contributed by atoms with E-state index in [9.17, 15) is 4.79 Å². The molecule has 0 aromatic carbocycles. The summed E-state index contributed by atoms with van der Waals surface area (Å²) in [6, 6.07) is 2.26. The highest BCUT2D eigenvalue weighted by atomic mass is 79.9. The fourth-order valence-corrected chi connectivity index (χ4v) is 3.69. The van der Waals surface area contributed by atoms with Gasteiger partial charge in [0.05, 0.1) is 17.4 Å². The van der Waals surface area contributed by atoms with Crippen LogP contribution in [-0.4, -0.2) is 37.8 Å². The van der Waals surface area contributed by atoms with Crippen LogP contribution in [-0.2, 0) is 11.2 Å². The number of nitrogens with one attached hydrogen (secondary N) is 1. The van der Waals surface area contributed by atoms with Crippen molar-refractivity contribution >= 4 is 38.9 Å². The smallest absolute Gasteiger partial charge is 0.407 e. The Labute approximate surface area is 190 Å². The second-order valence-corrected chi connectivity index (χ2v) is 9.51. The highest BCUT2D eigenvalue weighted by Crippen LogP contribution is 2.34. The number of nitrogens with zero attached hydrogens (tertiary/aromatic N) is 4. The normalized spacial score (nSPS) is 11.8. The topological polar surface area (TPSA) is 108 Å². The zero-order valence-corrected chi connectivity index (χ0v) is 20.2. The number of ether oxygens (including phenoxy) is 1. The van der Waals surface area contributed by atoms with Gasteiger partial charge in [0.2, 0.25) is 5.95 Å². The quantitative estimate of drug-likeness (QED) is 0.378. The van der Waals surface area contributed by atoms with E-state index in [2.05, 4.69) is 60.8 Å². The number of hydrogen-bond donors (Lipinski definition) is 2. The van der Waals surface area contributed by atoms with E-state index in [4.69, 9.17) is 10.5 Å². The molecule has 8 nitrogen and oxygen atoms in total. The second kappa shape index (κ2) is 9.21. The van der Waals surface area contributed by atoms with Crippen LogP contribution in [0.1, 0.15) is 52.6 Å². The van der Waals surface area contributed by atoms with Crippen molar-refractivity contribution in [2.75, 3.05) is 12.3 Å². The fourth-order valence-electron chi connectivity index (χ4n) is 3.36. The summed E-state index contributed by atoms with van der Waals surface area (Å²) >= 11 is 3.47. The van der Waals surface area contributed by atoms with Crippen molar-refractivity contribution in [2.24, 2.45) is 0 Å². The number of carbonyl (C=O) groups excluding carboxylic acids is 1. The number of halogens is 1. The maximum Gasteiger partial charge on any atom is 0.407 e. The third-order valence-electron chi connectivity index (χ3n) is 4.67. The number of carbonyl (C=O) groups is 1. The molecule has 3 N–H and O–H groups in total. The third-order valence-corrected chi connectivity index (χ3v) is 5.11. The van der Waals surface area contributed by atoms with Crippen LogP contribution in [0.4, 0.5) is 10.7 Å². The van der Waals surface area contributed by atoms with Crippen LogP contribution >= 0.6 is 15.9 Å². The van der Waals surface area contributed by atoms with Crippen LogP contribution in [0.2, 0.25) is 0 Å². The highest BCUT2D eigenvalue weighted by Gasteiger charge is 2.18. The number of nitrogen functional groups attached to an aromatic ring is 1. The van der Waals surface area contributed by atoms with Gasteiger partial charge in [0, 0.05) is 35.9 Å². The molecule has 0 spiro atoms. The van der Waals surface area contributed by atoms with Crippen molar-refractivity contribution in [2.45, 2.75) is 59.1 Å². The van der Waals surface area contributed by atoms with Gasteiger partial charge in [0.1, 0.15) is 10.2 Å². The van der Waals surface area contributed by atoms with Crippen molar-refractivity contribution < 1.29 is 9.53 Å². The van der Waals surface area contributed by atoms with Crippen LogP contribution in [0.15, 0.2) is 29.3 Å². The number of pyridine rings is 1. The van der Waals surface area contributed by atoms with Crippen molar-refractivity contribution in [3.63, 3.8) is 0 Å². The van der Waals surface area contributed by atoms with Crippen LogP contribution in [0.5, 0.6) is 0 Å². The second-order valence-electron chi connectivity index (χ2n) is 8.70. The molecule has 0 unspecified atom stereocenters. The van der Waals surface area contributed by atoms with E-state index in [1.54, 1.807) is 6.20 Å². The molecule has 3 aromatic heterocycles. The average molecular weight is 489 g/mol. The summed E-state index contributed by atoms with van der Waals surface area (Å²) in [6.45, 7) is 10.3. The molecule has 3 aromatic rings. The first-order valence-corrected chi connectivity index (χ1v) is 11.1. The van der Waals surface area contributed by atoms with Crippen LogP contribution in [0.3, 0.4) is 0 Å². The van der Waals surface area contributed by atoms with Gasteiger partial charge in [-0.25, -0.2) is 19.7 Å². The van der Waals surface area contributed by atoms with Gasteiger partial charge in [0.15, 0.2) is 0 Å². The maximum absolute atomic E-state index is 11.9. The molecule has 31 heavy (non-hydrogen) atoms. The molecule has 1 amide bonds. The number of amides is 1. The Hall–Kier alpha value is -2.68. The summed E-state index contributed by atoms with van der Waals surface area (Å²) < 4.78 is 8.21. The van der Waals surface area contributed by atoms with Crippen molar-refractivity contribution in [3.05, 3.63) is 34.8 Å². The first kappa shape index (κ1) is 23.0. The van der Waals surface area contributed by atoms with E-state index < -0.39 is 11.7 Å². The molecule has 0 aliphatic heterocycles. The predicted octanol–water partition coefficient (Wildman–Crippen LogP) is 4.88. The molecular weight excluding hydrogens is 460 g/mol. The minimum absolute atomic E-state index is 0.226. The van der Waals surface area contributed by atoms with Crippen LogP contribution < -0.4 is 11.1 Å². The Kier molecular flexibility index (Phi) is 6.83. The molecule has 3 rings (SSSR count). The van der Waals surface area contributed by atoms with Crippen molar-refractivity contribution in [3.8, 4) is 11.3 Å². The summed E-state index contributed by atoms with van der Waals surface area (Å²) in [7, 11) is 0. The first-order chi connectivity index (χ1) is 14.5. The summed E-state index contributed by atoms with van der Waals surface area (Å²) in [6.07, 6.45) is 6.70. The van der Waals surface area contributed by atoms with Crippen molar-refractivity contribution in [1.29, 1.82) is 0 Å². The maximum atomic E-state index is 11.9. The number of anilines is 1. The fraction of sp³-hybridized carbons (Fsp3) is 0.455. The third kappa shape index (κ3) is 5.72. The molecular formula is C22H29BrN6O2. The van der Waals surface area contributed by atoms with Gasteiger partial charge in [-0.15, -0.1) is 0 Å². The SMILES string of the molecule is CC(C)n1cc(-c2nc(N)ncc2CCCNC(=O)OC(C)(C)C)c2cc(Br)ncc21. The largest absolute Gasteiger partial charge is 0.444 e. The van der Waals surface area contributed by atoms with Gasteiger partial charge in [-0.2, -0.15) is 0 Å². The van der Waals surface area contributed by atoms with Gasteiger partial charge in [-0.1, -0.05) is 0 Å². The number of aryl methyl sites for hydroxylation is 1. The standard InChI is InChI=1S/C22H29BrN6O2/c1-13(2)29-12-16(15-9-18(23)26-11-17(15)29)19-14(10-27-20(24)28-19)7-6-8-25-21(30)31-22(3,4)5/h9-13H,6-8H2,1-5H3,(H,25,30)(H2,24,27,28). The van der Waals surface area contributed by atoms with Gasteiger partial charge < -0.3 is 20.4 Å². The minimum Gasteiger partial charge on any atom is -0.444 e. The molecule has 9 heteroatoms. The van der Waals surface area contributed by atoms with E-state index in [1.165, 1.54) is 0 Å². The first-order valence-electron chi connectivity index (χ1n) is 10.3. The molecule has 0 saturated heterocycles. The molecule has 0 fully saturated rings. The zero-order valence-electron chi connectivity index (χ0n) is 18.6. The summed E-state index contributed by atoms with van der Waals surface area (Å²) in [4.78, 5) is 25.0. The van der Waals surface area contributed by atoms with E-state index in [0.717, 1.165) is 32.3 Å². The van der Waals surface area contributed by atoms with Crippen molar-refractivity contribution in [1.82, 2.24) is 24.8 Å². The Morgan fingerprint density at radius 3 is 2.71 bits per heavy atom. The lowest BCUT2D eigenvalue weighted by Crippen LogP contribution is -2.33. The van der Waals surface area contributed by atoms with E-state index >= 15 is 0 Å². The Bertz CT molecular complexity index is 1090. The molecule has 0 bridgehead atoms. The number of alkyl carbamates (subject to hydrolysis) is 1. The monoisotopic (exact) mass is 488 g/mol. The lowest BCUT2D eigenvalue weighted by atomic mass is 10.0. The number of nitrogens with two attached hydrogens (primary N) is 1. The molecule has 0 saturated carbocycles. The summed E-state index contributed by atoms with van der Waals surface area (Å²) in [5.74, 6) is 0.226. The number of aromatic nitrogens is 4. The van der Waals surface area contributed by atoms with Gasteiger partial charge in [-0.05, 0) is 75.0 Å². The van der Waals surface area contributed by atoms with E-state index in [0.29, 0.717) is 19.4 Å². The Balaban J connectivity index is 1.86.